The lowest BCUT2D eigenvalue weighted by molar-refractivity contribution is -0.385. The molecule has 0 spiro atoms. The van der Waals surface area contributed by atoms with E-state index < -0.39 is 9.85 Å². The molecule has 4 aromatic rings. The normalized spacial score (nSPS) is 11.6. The fourth-order valence-corrected chi connectivity index (χ4v) is 2.59. The van der Waals surface area contributed by atoms with Crippen molar-refractivity contribution < 1.29 is 20.1 Å². The second-order valence-electron chi connectivity index (χ2n) is 6.19. The van der Waals surface area contributed by atoms with Crippen molar-refractivity contribution in [1.82, 2.24) is 24.5 Å². The van der Waals surface area contributed by atoms with E-state index in [9.17, 15) is 30.4 Å². The standard InChI is InChI=1S/C17H11N9O6/c27-14-3-1-12(25(29)30)5-10(14)7-18-16-21-22-17-23(9-20-24(16)17)19-8-11-6-13(26(31)32)2-4-15(11)28/h1-9,27-28H. The van der Waals surface area contributed by atoms with Gasteiger partial charge in [-0.3, -0.25) is 20.2 Å². The molecule has 2 heterocycles. The number of hydrogen-bond donors (Lipinski definition) is 2. The smallest absolute Gasteiger partial charge is 0.276 e. The summed E-state index contributed by atoms with van der Waals surface area (Å²) in [7, 11) is 0. The van der Waals surface area contributed by atoms with Gasteiger partial charge >= 0.3 is 0 Å². The van der Waals surface area contributed by atoms with Gasteiger partial charge in [0.25, 0.3) is 23.1 Å². The van der Waals surface area contributed by atoms with E-state index in [1.807, 2.05) is 0 Å². The summed E-state index contributed by atoms with van der Waals surface area (Å²) < 4.78 is 2.39. The van der Waals surface area contributed by atoms with Crippen LogP contribution in [0.3, 0.4) is 0 Å². The number of aromatic hydroxyl groups is 2. The number of fused-ring (bicyclic) bond motifs is 1. The van der Waals surface area contributed by atoms with Crippen LogP contribution in [0.25, 0.3) is 5.78 Å². The molecule has 2 aromatic carbocycles. The Morgan fingerprint density at radius 2 is 1.50 bits per heavy atom. The zero-order valence-corrected chi connectivity index (χ0v) is 15.7. The van der Waals surface area contributed by atoms with Crippen LogP contribution in [0.2, 0.25) is 0 Å². The molecule has 160 valence electrons. The van der Waals surface area contributed by atoms with E-state index in [0.717, 1.165) is 24.3 Å². The molecule has 0 aliphatic carbocycles. The van der Waals surface area contributed by atoms with Crippen LogP contribution in [0.4, 0.5) is 17.3 Å². The summed E-state index contributed by atoms with van der Waals surface area (Å²) >= 11 is 0. The number of aliphatic imine (C=N–C) groups is 1. The Morgan fingerprint density at radius 3 is 2.09 bits per heavy atom. The number of hydrogen-bond acceptors (Lipinski definition) is 11. The number of nitro benzene ring substituents is 2. The first-order valence-corrected chi connectivity index (χ1v) is 8.65. The van der Waals surface area contributed by atoms with E-state index in [2.05, 4.69) is 25.4 Å². The van der Waals surface area contributed by atoms with Gasteiger partial charge in [0.1, 0.15) is 17.8 Å². The maximum absolute atomic E-state index is 10.9. The molecule has 2 aromatic heterocycles. The van der Waals surface area contributed by atoms with E-state index >= 15 is 0 Å². The summed E-state index contributed by atoms with van der Waals surface area (Å²) in [6.45, 7) is 0. The van der Waals surface area contributed by atoms with Crippen LogP contribution in [0.5, 0.6) is 11.5 Å². The van der Waals surface area contributed by atoms with Gasteiger partial charge in [-0.25, -0.2) is 4.99 Å². The third kappa shape index (κ3) is 3.80. The Kier molecular flexibility index (Phi) is 4.96. The minimum absolute atomic E-state index is 0.00180. The van der Waals surface area contributed by atoms with Gasteiger partial charge in [0.05, 0.1) is 16.1 Å². The lowest BCUT2D eigenvalue weighted by atomic mass is 10.2. The first-order valence-electron chi connectivity index (χ1n) is 8.65. The highest BCUT2D eigenvalue weighted by atomic mass is 16.6. The number of nitro groups is 2. The third-order valence-corrected chi connectivity index (χ3v) is 4.17. The monoisotopic (exact) mass is 437 g/mol. The zero-order valence-electron chi connectivity index (χ0n) is 15.7. The molecule has 15 nitrogen and oxygen atoms in total. The van der Waals surface area contributed by atoms with Gasteiger partial charge in [-0.15, -0.1) is 15.3 Å². The fraction of sp³-hybridized carbons (Fsp3) is 0. The SMILES string of the molecule is O=[N+]([O-])c1ccc(O)c(C=Nc2nnc3n(N=Cc4cc([N+](=O)[O-])ccc4O)cnn23)c1. The van der Waals surface area contributed by atoms with E-state index in [-0.39, 0.29) is 45.7 Å². The molecule has 0 atom stereocenters. The van der Waals surface area contributed by atoms with Crippen molar-refractivity contribution >= 4 is 35.5 Å². The van der Waals surface area contributed by atoms with Crippen molar-refractivity contribution in [3.8, 4) is 11.5 Å². The van der Waals surface area contributed by atoms with Crippen LogP contribution in [0, 0.1) is 20.2 Å². The average molecular weight is 437 g/mol. The maximum atomic E-state index is 10.9. The number of aromatic nitrogens is 5. The minimum Gasteiger partial charge on any atom is -0.507 e. The summed E-state index contributed by atoms with van der Waals surface area (Å²) in [5.74, 6) is -0.300. The quantitative estimate of drug-likeness (QED) is 0.256. The molecule has 0 aliphatic rings. The predicted molar refractivity (Wildman–Crippen MR) is 109 cm³/mol. The Bertz CT molecular complexity index is 1310. The second kappa shape index (κ2) is 7.90. The van der Waals surface area contributed by atoms with Crippen molar-refractivity contribution in [3.05, 3.63) is 74.1 Å². The number of non-ortho nitro benzene ring substituents is 2. The van der Waals surface area contributed by atoms with Crippen LogP contribution in [-0.2, 0) is 0 Å². The summed E-state index contributed by atoms with van der Waals surface area (Å²) in [4.78, 5) is 24.6. The molecule has 0 bridgehead atoms. The van der Waals surface area contributed by atoms with E-state index in [1.165, 1.54) is 40.1 Å². The second-order valence-corrected chi connectivity index (χ2v) is 6.19. The molecule has 2 N–H and O–H groups in total. The summed E-state index contributed by atoms with van der Waals surface area (Å²) in [6, 6.07) is 6.95. The molecule has 0 saturated carbocycles. The predicted octanol–water partition coefficient (Wildman–Crippen LogP) is 1.79. The Labute approximate surface area is 176 Å². The zero-order chi connectivity index (χ0) is 22.8. The van der Waals surface area contributed by atoms with Crippen molar-refractivity contribution in [1.29, 1.82) is 0 Å². The van der Waals surface area contributed by atoms with Crippen molar-refractivity contribution in [2.24, 2.45) is 10.1 Å². The molecule has 0 unspecified atom stereocenters. The van der Waals surface area contributed by atoms with Crippen LogP contribution in [-0.4, -0.2) is 57.0 Å². The summed E-state index contributed by atoms with van der Waals surface area (Å²) in [5.41, 5.74) is -0.248. The van der Waals surface area contributed by atoms with Gasteiger partial charge < -0.3 is 10.2 Å². The Balaban J connectivity index is 1.62. The van der Waals surface area contributed by atoms with Crippen LogP contribution >= 0.6 is 0 Å². The number of phenols is 2. The lowest BCUT2D eigenvalue weighted by Crippen LogP contribution is -1.93. The Morgan fingerprint density at radius 1 is 0.906 bits per heavy atom. The summed E-state index contributed by atoms with van der Waals surface area (Å²) in [5, 5.41) is 57.3. The Hall–Kier alpha value is -5.21. The van der Waals surface area contributed by atoms with E-state index in [4.69, 9.17) is 0 Å². The highest BCUT2D eigenvalue weighted by Crippen LogP contribution is 2.23. The molecule has 0 radical (unpaired) electrons. The first-order chi connectivity index (χ1) is 15.3. The van der Waals surface area contributed by atoms with E-state index in [0.29, 0.717) is 0 Å². The molecular formula is C17H11N9O6. The number of rotatable bonds is 6. The van der Waals surface area contributed by atoms with Gasteiger partial charge in [0.15, 0.2) is 0 Å². The highest BCUT2D eigenvalue weighted by molar-refractivity contribution is 5.86. The number of phenolic OH excluding ortho intramolecular Hbond substituents is 2. The highest BCUT2D eigenvalue weighted by Gasteiger charge is 2.13. The van der Waals surface area contributed by atoms with Gasteiger partial charge in [0, 0.05) is 41.6 Å². The lowest BCUT2D eigenvalue weighted by Gasteiger charge is -1.98. The van der Waals surface area contributed by atoms with Crippen molar-refractivity contribution in [2.75, 3.05) is 0 Å². The summed E-state index contributed by atoms with van der Waals surface area (Å²) in [6.07, 6.45) is 3.61. The molecule has 0 aliphatic heterocycles. The first kappa shape index (κ1) is 20.1. The molecule has 4 rings (SSSR count). The third-order valence-electron chi connectivity index (χ3n) is 4.17. The largest absolute Gasteiger partial charge is 0.507 e. The topological polar surface area (TPSA) is 199 Å². The molecular weight excluding hydrogens is 426 g/mol. The molecule has 32 heavy (non-hydrogen) atoms. The van der Waals surface area contributed by atoms with Crippen LogP contribution in [0.1, 0.15) is 11.1 Å². The molecule has 0 fully saturated rings. The van der Waals surface area contributed by atoms with Gasteiger partial charge in [0.2, 0.25) is 0 Å². The van der Waals surface area contributed by atoms with Crippen LogP contribution in [0.15, 0.2) is 52.8 Å². The van der Waals surface area contributed by atoms with Gasteiger partial charge in [-0.2, -0.15) is 14.3 Å². The van der Waals surface area contributed by atoms with Crippen LogP contribution < -0.4 is 0 Å². The van der Waals surface area contributed by atoms with Crippen molar-refractivity contribution in [2.45, 2.75) is 0 Å². The maximum Gasteiger partial charge on any atom is 0.276 e. The van der Waals surface area contributed by atoms with Gasteiger partial charge in [-0.05, 0) is 12.1 Å². The number of benzene rings is 2. The molecule has 0 saturated heterocycles. The van der Waals surface area contributed by atoms with E-state index in [1.54, 1.807) is 0 Å². The molecule has 15 heteroatoms. The average Bonchev–Trinajstić information content (AvgIpc) is 3.35. The van der Waals surface area contributed by atoms with Crippen molar-refractivity contribution in [3.63, 3.8) is 0 Å². The van der Waals surface area contributed by atoms with Gasteiger partial charge in [-0.1, -0.05) is 0 Å². The number of nitrogens with zero attached hydrogens (tertiary/aromatic N) is 9. The fourth-order valence-electron chi connectivity index (χ4n) is 2.59. The molecule has 0 amide bonds. The minimum atomic E-state index is -0.606.